The highest BCUT2D eigenvalue weighted by molar-refractivity contribution is 9.10. The molecule has 2 aromatic carbocycles. The van der Waals surface area contributed by atoms with E-state index in [4.69, 9.17) is 0 Å². The number of nitrogens with zero attached hydrogens (tertiary/aromatic N) is 2. The van der Waals surface area contributed by atoms with Gasteiger partial charge < -0.3 is 5.32 Å². The van der Waals surface area contributed by atoms with E-state index in [-0.39, 0.29) is 0 Å². The highest BCUT2D eigenvalue weighted by Crippen LogP contribution is 2.35. The standard InChI is InChI=1S/C22H15BrF3N3/c23-17-10-16(22(24,25)26)11-18(12-17)29-21-20-4-2-1-3-19(20)15(13-28-21)9-14-5-7-27-8-6-14/h1-8,10-13H,9H2,(H,28,29). The Balaban J connectivity index is 1.73. The van der Waals surface area contributed by atoms with Gasteiger partial charge in [0, 0.05) is 34.1 Å². The molecule has 1 N–H and O–H groups in total. The molecule has 0 aliphatic heterocycles. The molecule has 4 rings (SSSR count). The van der Waals surface area contributed by atoms with Gasteiger partial charge >= 0.3 is 6.18 Å². The minimum atomic E-state index is -4.43. The third-order valence-corrected chi connectivity index (χ3v) is 4.97. The maximum absolute atomic E-state index is 13.1. The van der Waals surface area contributed by atoms with Crippen LogP contribution in [0, 0.1) is 0 Å². The summed E-state index contributed by atoms with van der Waals surface area (Å²) in [6.07, 6.45) is 1.50. The molecule has 0 fully saturated rings. The maximum Gasteiger partial charge on any atom is 0.416 e. The highest BCUT2D eigenvalue weighted by atomic mass is 79.9. The van der Waals surface area contributed by atoms with Gasteiger partial charge in [0.25, 0.3) is 0 Å². The molecular weight excluding hydrogens is 443 g/mol. The van der Waals surface area contributed by atoms with Crippen LogP contribution < -0.4 is 5.32 Å². The zero-order valence-corrected chi connectivity index (χ0v) is 16.6. The van der Waals surface area contributed by atoms with Crippen LogP contribution in [-0.4, -0.2) is 9.97 Å². The van der Waals surface area contributed by atoms with E-state index in [1.807, 2.05) is 36.4 Å². The van der Waals surface area contributed by atoms with Crippen LogP contribution in [0.4, 0.5) is 24.7 Å². The molecule has 146 valence electrons. The molecular formula is C22H15BrF3N3. The predicted octanol–water partition coefficient (Wildman–Crippen LogP) is 6.75. The number of nitrogens with one attached hydrogen (secondary N) is 1. The number of aromatic nitrogens is 2. The monoisotopic (exact) mass is 457 g/mol. The fraction of sp³-hybridized carbons (Fsp3) is 0.0909. The number of pyridine rings is 2. The Morgan fingerprint density at radius 3 is 2.38 bits per heavy atom. The number of alkyl halides is 3. The molecule has 3 nitrogen and oxygen atoms in total. The van der Waals surface area contributed by atoms with E-state index in [0.29, 0.717) is 22.4 Å². The lowest BCUT2D eigenvalue weighted by molar-refractivity contribution is -0.137. The van der Waals surface area contributed by atoms with Crippen molar-refractivity contribution >= 4 is 38.2 Å². The molecule has 0 spiro atoms. The van der Waals surface area contributed by atoms with Gasteiger partial charge in [0.1, 0.15) is 5.82 Å². The fourth-order valence-corrected chi connectivity index (χ4v) is 3.67. The molecule has 4 aromatic rings. The third-order valence-electron chi connectivity index (χ3n) is 4.51. The van der Waals surface area contributed by atoms with Crippen LogP contribution >= 0.6 is 15.9 Å². The van der Waals surface area contributed by atoms with Crippen molar-refractivity contribution in [3.8, 4) is 0 Å². The smallest absolute Gasteiger partial charge is 0.340 e. The quantitative estimate of drug-likeness (QED) is 0.368. The van der Waals surface area contributed by atoms with Crippen LogP contribution in [0.25, 0.3) is 10.8 Å². The van der Waals surface area contributed by atoms with Gasteiger partial charge in [0.2, 0.25) is 0 Å². The van der Waals surface area contributed by atoms with E-state index in [1.165, 1.54) is 0 Å². The maximum atomic E-state index is 13.1. The molecule has 0 bridgehead atoms. The molecule has 0 saturated carbocycles. The summed E-state index contributed by atoms with van der Waals surface area (Å²) in [5.74, 6) is 0.505. The van der Waals surface area contributed by atoms with Crippen molar-refractivity contribution in [1.29, 1.82) is 0 Å². The van der Waals surface area contributed by atoms with Gasteiger partial charge in [0.15, 0.2) is 0 Å². The summed E-state index contributed by atoms with van der Waals surface area (Å²) in [4.78, 5) is 8.53. The van der Waals surface area contributed by atoms with Crippen molar-refractivity contribution in [2.75, 3.05) is 5.32 Å². The third kappa shape index (κ3) is 4.40. The Morgan fingerprint density at radius 1 is 0.931 bits per heavy atom. The normalized spacial score (nSPS) is 11.6. The van der Waals surface area contributed by atoms with Crippen LogP contribution in [0.15, 0.2) is 77.7 Å². The largest absolute Gasteiger partial charge is 0.416 e. The summed E-state index contributed by atoms with van der Waals surface area (Å²) in [5.41, 5.74) is 1.72. The first-order valence-corrected chi connectivity index (χ1v) is 9.60. The molecule has 0 unspecified atom stereocenters. The lowest BCUT2D eigenvalue weighted by Gasteiger charge is -2.14. The fourth-order valence-electron chi connectivity index (χ4n) is 3.17. The van der Waals surface area contributed by atoms with Crippen molar-refractivity contribution in [1.82, 2.24) is 9.97 Å². The van der Waals surface area contributed by atoms with Gasteiger partial charge in [0.05, 0.1) is 5.56 Å². The van der Waals surface area contributed by atoms with Gasteiger partial charge in [-0.3, -0.25) is 4.98 Å². The first kappa shape index (κ1) is 19.4. The molecule has 2 aromatic heterocycles. The zero-order valence-electron chi connectivity index (χ0n) is 15.0. The summed E-state index contributed by atoms with van der Waals surface area (Å²) in [7, 11) is 0. The van der Waals surface area contributed by atoms with Crippen LogP contribution in [0.5, 0.6) is 0 Å². The molecule has 0 saturated heterocycles. The molecule has 7 heteroatoms. The second kappa shape index (κ2) is 7.83. The number of anilines is 2. The van der Waals surface area contributed by atoms with Crippen molar-refractivity contribution in [2.24, 2.45) is 0 Å². The SMILES string of the molecule is FC(F)(F)c1cc(Br)cc(Nc2ncc(Cc3ccncc3)c3ccccc23)c1. The van der Waals surface area contributed by atoms with Gasteiger partial charge in [-0.05, 0) is 53.3 Å². The van der Waals surface area contributed by atoms with Crippen molar-refractivity contribution in [3.05, 3.63) is 94.4 Å². The molecule has 2 heterocycles. The van der Waals surface area contributed by atoms with Crippen LogP contribution in [0.1, 0.15) is 16.7 Å². The van der Waals surface area contributed by atoms with Crippen LogP contribution in [0.3, 0.4) is 0 Å². The number of benzene rings is 2. The Labute approximate surface area is 173 Å². The van der Waals surface area contributed by atoms with Crippen molar-refractivity contribution < 1.29 is 13.2 Å². The Morgan fingerprint density at radius 2 is 1.66 bits per heavy atom. The molecule has 0 amide bonds. The number of fused-ring (bicyclic) bond motifs is 1. The van der Waals surface area contributed by atoms with Gasteiger partial charge in [-0.1, -0.05) is 40.2 Å². The number of rotatable bonds is 4. The lowest BCUT2D eigenvalue weighted by atomic mass is 10.0. The molecule has 0 aliphatic rings. The number of hydrogen-bond donors (Lipinski definition) is 1. The van der Waals surface area contributed by atoms with E-state index in [1.54, 1.807) is 24.7 Å². The molecule has 0 radical (unpaired) electrons. The Hall–Kier alpha value is -2.93. The topological polar surface area (TPSA) is 37.8 Å². The number of halogens is 4. The predicted molar refractivity (Wildman–Crippen MR) is 111 cm³/mol. The first-order valence-electron chi connectivity index (χ1n) is 8.80. The summed E-state index contributed by atoms with van der Waals surface area (Å²) < 4.78 is 39.7. The Bertz CT molecular complexity index is 1160. The summed E-state index contributed by atoms with van der Waals surface area (Å²) in [5, 5.41) is 4.87. The minimum Gasteiger partial charge on any atom is -0.340 e. The number of hydrogen-bond acceptors (Lipinski definition) is 3. The molecule has 0 atom stereocenters. The average Bonchev–Trinajstić information content (AvgIpc) is 2.70. The van der Waals surface area contributed by atoms with Crippen molar-refractivity contribution in [3.63, 3.8) is 0 Å². The first-order chi connectivity index (χ1) is 13.9. The second-order valence-electron chi connectivity index (χ2n) is 6.56. The minimum absolute atomic E-state index is 0.311. The van der Waals surface area contributed by atoms with Crippen molar-refractivity contribution in [2.45, 2.75) is 12.6 Å². The summed E-state index contributed by atoms with van der Waals surface area (Å²) >= 11 is 3.15. The van der Waals surface area contributed by atoms with Gasteiger partial charge in [-0.15, -0.1) is 0 Å². The van der Waals surface area contributed by atoms with Gasteiger partial charge in [-0.25, -0.2) is 4.98 Å². The van der Waals surface area contributed by atoms with E-state index in [9.17, 15) is 13.2 Å². The Kier molecular flexibility index (Phi) is 5.24. The zero-order chi connectivity index (χ0) is 20.4. The summed E-state index contributed by atoms with van der Waals surface area (Å²) in [6, 6.07) is 15.3. The molecule has 0 aliphatic carbocycles. The van der Waals surface area contributed by atoms with E-state index < -0.39 is 11.7 Å². The van der Waals surface area contributed by atoms with E-state index in [2.05, 4.69) is 31.2 Å². The van der Waals surface area contributed by atoms with Crippen LogP contribution in [0.2, 0.25) is 0 Å². The van der Waals surface area contributed by atoms with E-state index in [0.717, 1.165) is 34.0 Å². The van der Waals surface area contributed by atoms with E-state index >= 15 is 0 Å². The highest BCUT2D eigenvalue weighted by Gasteiger charge is 2.31. The average molecular weight is 458 g/mol. The molecule has 29 heavy (non-hydrogen) atoms. The second-order valence-corrected chi connectivity index (χ2v) is 7.48. The van der Waals surface area contributed by atoms with Crippen LogP contribution in [-0.2, 0) is 12.6 Å². The lowest BCUT2D eigenvalue weighted by Crippen LogP contribution is -2.06. The summed E-state index contributed by atoms with van der Waals surface area (Å²) in [6.45, 7) is 0. The van der Waals surface area contributed by atoms with Gasteiger partial charge in [-0.2, -0.15) is 13.2 Å².